The number of nitrogens with zero attached hydrogens (tertiary/aromatic N) is 4. The van der Waals surface area contributed by atoms with Crippen LogP contribution in [0.1, 0.15) is 12.0 Å². The molecule has 8 heteroatoms. The average molecular weight is 510 g/mol. The summed E-state index contributed by atoms with van der Waals surface area (Å²) in [6, 6.07) is 12.6. The highest BCUT2D eigenvalue weighted by Crippen LogP contribution is 2.30. The Morgan fingerprint density at radius 3 is 2.83 bits per heavy atom. The van der Waals surface area contributed by atoms with Crippen molar-refractivity contribution in [2.45, 2.75) is 19.0 Å². The minimum atomic E-state index is 0. The second kappa shape index (κ2) is 11.1. The SMILES string of the molecule is CN=C(NCc1ccnc(N(C)C)c1)NC1CCN(c2ccccc2OC)C1.I. The van der Waals surface area contributed by atoms with Crippen LogP contribution in [0, 0.1) is 0 Å². The highest BCUT2D eigenvalue weighted by molar-refractivity contribution is 14.0. The monoisotopic (exact) mass is 510 g/mol. The first-order valence-electron chi connectivity index (χ1n) is 9.58. The van der Waals surface area contributed by atoms with Gasteiger partial charge in [-0.2, -0.15) is 0 Å². The summed E-state index contributed by atoms with van der Waals surface area (Å²) in [5.74, 6) is 2.68. The molecule has 1 unspecified atom stereocenters. The molecule has 7 nitrogen and oxygen atoms in total. The van der Waals surface area contributed by atoms with Gasteiger partial charge in [0.25, 0.3) is 0 Å². The van der Waals surface area contributed by atoms with Gasteiger partial charge in [-0.25, -0.2) is 4.98 Å². The number of rotatable bonds is 6. The highest BCUT2D eigenvalue weighted by atomic mass is 127. The Morgan fingerprint density at radius 1 is 1.31 bits per heavy atom. The van der Waals surface area contributed by atoms with Gasteiger partial charge >= 0.3 is 0 Å². The van der Waals surface area contributed by atoms with Crippen molar-refractivity contribution in [2.75, 3.05) is 51.1 Å². The molecular formula is C21H31IN6O. The van der Waals surface area contributed by atoms with E-state index in [0.29, 0.717) is 12.6 Å². The molecular weight excluding hydrogens is 479 g/mol. The Morgan fingerprint density at radius 2 is 2.10 bits per heavy atom. The van der Waals surface area contributed by atoms with Crippen molar-refractivity contribution in [3.8, 4) is 5.75 Å². The Labute approximate surface area is 190 Å². The van der Waals surface area contributed by atoms with Gasteiger partial charge in [0, 0.05) is 53.0 Å². The number of hydrogen-bond donors (Lipinski definition) is 2. The van der Waals surface area contributed by atoms with Crippen LogP contribution in [-0.2, 0) is 6.54 Å². The lowest BCUT2D eigenvalue weighted by Gasteiger charge is -2.22. The molecule has 0 amide bonds. The summed E-state index contributed by atoms with van der Waals surface area (Å²) in [4.78, 5) is 13.1. The number of aromatic nitrogens is 1. The molecule has 2 aromatic rings. The lowest BCUT2D eigenvalue weighted by molar-refractivity contribution is 0.415. The van der Waals surface area contributed by atoms with Crippen LogP contribution in [0.4, 0.5) is 11.5 Å². The third kappa shape index (κ3) is 6.12. The van der Waals surface area contributed by atoms with Gasteiger partial charge in [-0.3, -0.25) is 4.99 Å². The lowest BCUT2D eigenvalue weighted by atomic mass is 10.2. The van der Waals surface area contributed by atoms with Crippen LogP contribution in [0.3, 0.4) is 0 Å². The first kappa shape index (κ1) is 23.1. The molecule has 1 aliphatic heterocycles. The Hall–Kier alpha value is -2.23. The van der Waals surface area contributed by atoms with Crippen molar-refractivity contribution < 1.29 is 4.74 Å². The van der Waals surface area contributed by atoms with Crippen molar-refractivity contribution >= 4 is 41.4 Å². The van der Waals surface area contributed by atoms with E-state index < -0.39 is 0 Å². The maximum atomic E-state index is 5.50. The normalized spacial score (nSPS) is 16.2. The third-order valence-electron chi connectivity index (χ3n) is 4.91. The topological polar surface area (TPSA) is 65.0 Å². The molecule has 0 saturated carbocycles. The molecule has 0 bridgehead atoms. The molecule has 1 atom stereocenters. The van der Waals surface area contributed by atoms with Gasteiger partial charge in [0.2, 0.25) is 0 Å². The van der Waals surface area contributed by atoms with E-state index in [-0.39, 0.29) is 24.0 Å². The van der Waals surface area contributed by atoms with E-state index in [2.05, 4.69) is 43.7 Å². The summed E-state index contributed by atoms with van der Waals surface area (Å²) in [5, 5.41) is 6.95. The summed E-state index contributed by atoms with van der Waals surface area (Å²) < 4.78 is 5.50. The standard InChI is InChI=1S/C21H30N6O.HI/c1-22-21(24-14-16-9-11-23-20(13-16)26(2)3)25-17-10-12-27(15-17)18-7-5-6-8-19(18)28-4;/h5-9,11,13,17H,10,12,14-15H2,1-4H3,(H2,22,24,25);1H. The first-order valence-corrected chi connectivity index (χ1v) is 9.58. The Kier molecular flexibility index (Phi) is 8.81. The summed E-state index contributed by atoms with van der Waals surface area (Å²) in [5.41, 5.74) is 2.31. The van der Waals surface area contributed by atoms with E-state index in [0.717, 1.165) is 42.7 Å². The van der Waals surface area contributed by atoms with Gasteiger partial charge in [-0.15, -0.1) is 24.0 Å². The van der Waals surface area contributed by atoms with Crippen molar-refractivity contribution in [3.63, 3.8) is 0 Å². The number of nitrogens with one attached hydrogen (secondary N) is 2. The summed E-state index contributed by atoms with van der Waals surface area (Å²) in [6.45, 7) is 2.61. The molecule has 1 aliphatic rings. The molecule has 29 heavy (non-hydrogen) atoms. The van der Waals surface area contributed by atoms with Crippen molar-refractivity contribution in [2.24, 2.45) is 4.99 Å². The van der Waals surface area contributed by atoms with Crippen molar-refractivity contribution in [1.82, 2.24) is 15.6 Å². The molecule has 1 aromatic heterocycles. The Balaban J connectivity index is 0.00000300. The van der Waals surface area contributed by atoms with Crippen LogP contribution in [0.5, 0.6) is 5.75 Å². The number of aliphatic imine (C=N–C) groups is 1. The van der Waals surface area contributed by atoms with Gasteiger partial charge in [-0.1, -0.05) is 12.1 Å². The molecule has 2 N–H and O–H groups in total. The van der Waals surface area contributed by atoms with Gasteiger partial charge in [0.1, 0.15) is 11.6 Å². The maximum Gasteiger partial charge on any atom is 0.191 e. The largest absolute Gasteiger partial charge is 0.495 e. The fraction of sp³-hybridized carbons (Fsp3) is 0.429. The van der Waals surface area contributed by atoms with Crippen molar-refractivity contribution in [3.05, 3.63) is 48.2 Å². The number of para-hydroxylation sites is 2. The van der Waals surface area contributed by atoms with Crippen molar-refractivity contribution in [1.29, 1.82) is 0 Å². The van der Waals surface area contributed by atoms with Crippen LogP contribution in [0.25, 0.3) is 0 Å². The quantitative estimate of drug-likeness (QED) is 0.354. The number of ether oxygens (including phenoxy) is 1. The van der Waals surface area contributed by atoms with E-state index in [1.54, 1.807) is 14.2 Å². The third-order valence-corrected chi connectivity index (χ3v) is 4.91. The van der Waals surface area contributed by atoms with Crippen LogP contribution < -0.4 is 25.2 Å². The van der Waals surface area contributed by atoms with E-state index in [1.807, 2.05) is 43.4 Å². The molecule has 0 spiro atoms. The fourth-order valence-electron chi connectivity index (χ4n) is 3.38. The zero-order valence-corrected chi connectivity index (χ0v) is 19.9. The van der Waals surface area contributed by atoms with Gasteiger partial charge in [0.05, 0.1) is 12.8 Å². The molecule has 1 saturated heterocycles. The molecule has 158 valence electrons. The number of halogens is 1. The number of guanidine groups is 1. The second-order valence-corrected chi connectivity index (χ2v) is 7.09. The smallest absolute Gasteiger partial charge is 0.191 e. The second-order valence-electron chi connectivity index (χ2n) is 7.09. The van der Waals surface area contributed by atoms with Gasteiger partial charge in [0.15, 0.2) is 5.96 Å². The number of pyridine rings is 1. The number of anilines is 2. The van der Waals surface area contributed by atoms with Crippen LogP contribution in [-0.4, -0.2) is 58.3 Å². The molecule has 2 heterocycles. The molecule has 1 aromatic carbocycles. The zero-order valence-electron chi connectivity index (χ0n) is 17.6. The summed E-state index contributed by atoms with van der Waals surface area (Å²) in [7, 11) is 7.51. The minimum Gasteiger partial charge on any atom is -0.495 e. The van der Waals surface area contributed by atoms with Crippen LogP contribution in [0.2, 0.25) is 0 Å². The minimum absolute atomic E-state index is 0. The number of hydrogen-bond acceptors (Lipinski definition) is 5. The van der Waals surface area contributed by atoms with E-state index in [1.165, 1.54) is 5.56 Å². The predicted molar refractivity (Wildman–Crippen MR) is 131 cm³/mol. The number of benzene rings is 1. The average Bonchev–Trinajstić information content (AvgIpc) is 3.19. The fourth-order valence-corrected chi connectivity index (χ4v) is 3.38. The van der Waals surface area contributed by atoms with Crippen LogP contribution in [0.15, 0.2) is 47.6 Å². The van der Waals surface area contributed by atoms with E-state index in [4.69, 9.17) is 4.74 Å². The molecule has 0 radical (unpaired) electrons. The van der Waals surface area contributed by atoms with Gasteiger partial charge in [-0.05, 0) is 36.2 Å². The summed E-state index contributed by atoms with van der Waals surface area (Å²) >= 11 is 0. The molecule has 1 fully saturated rings. The summed E-state index contributed by atoms with van der Waals surface area (Å²) in [6.07, 6.45) is 2.89. The van der Waals surface area contributed by atoms with E-state index >= 15 is 0 Å². The van der Waals surface area contributed by atoms with Crippen LogP contribution >= 0.6 is 24.0 Å². The number of methoxy groups -OCH3 is 1. The highest BCUT2D eigenvalue weighted by Gasteiger charge is 2.25. The maximum absolute atomic E-state index is 5.50. The lowest BCUT2D eigenvalue weighted by Crippen LogP contribution is -2.44. The van der Waals surface area contributed by atoms with E-state index in [9.17, 15) is 0 Å². The zero-order chi connectivity index (χ0) is 19.9. The Bertz CT molecular complexity index is 813. The van der Waals surface area contributed by atoms with Gasteiger partial charge < -0.3 is 25.2 Å². The molecule has 3 rings (SSSR count). The predicted octanol–water partition coefficient (Wildman–Crippen LogP) is 2.72. The molecule has 0 aliphatic carbocycles. The first-order chi connectivity index (χ1) is 13.6.